The van der Waals surface area contributed by atoms with Crippen LogP contribution >= 0.6 is 0 Å². The summed E-state index contributed by atoms with van der Waals surface area (Å²) in [5.41, 5.74) is 1.82. The van der Waals surface area contributed by atoms with E-state index in [0.717, 1.165) is 17.2 Å². The molecule has 0 aliphatic rings. The minimum absolute atomic E-state index is 0.772. The Balaban J connectivity index is 2.19. The third-order valence-electron chi connectivity index (χ3n) is 1.57. The van der Waals surface area contributed by atoms with E-state index >= 15 is 0 Å². The van der Waals surface area contributed by atoms with Gasteiger partial charge in [-0.05, 0) is 6.92 Å². The number of aryl methyl sites for hydroxylation is 1. The van der Waals surface area contributed by atoms with Crippen molar-refractivity contribution in [3.63, 3.8) is 0 Å². The van der Waals surface area contributed by atoms with Gasteiger partial charge in [0.05, 0.1) is 11.9 Å². The van der Waals surface area contributed by atoms with E-state index < -0.39 is 0 Å². The molecule has 0 fully saturated rings. The van der Waals surface area contributed by atoms with Crippen LogP contribution in [0.4, 0.5) is 11.5 Å². The van der Waals surface area contributed by atoms with Gasteiger partial charge in [0.25, 0.3) is 0 Å². The van der Waals surface area contributed by atoms with Gasteiger partial charge in [0.1, 0.15) is 12.1 Å². The van der Waals surface area contributed by atoms with Gasteiger partial charge >= 0.3 is 0 Å². The van der Waals surface area contributed by atoms with Crippen molar-refractivity contribution in [2.75, 3.05) is 5.32 Å². The van der Waals surface area contributed by atoms with Crippen molar-refractivity contribution < 1.29 is 0 Å². The van der Waals surface area contributed by atoms with Crippen LogP contribution in [0.2, 0.25) is 0 Å². The molecule has 0 radical (unpaired) electrons. The predicted molar refractivity (Wildman–Crippen MR) is 48.6 cm³/mol. The van der Waals surface area contributed by atoms with Gasteiger partial charge in [-0.2, -0.15) is 5.10 Å². The molecule has 0 aliphatic carbocycles. The Morgan fingerprint density at radius 1 is 1.38 bits per heavy atom. The molecule has 2 aromatic rings. The standard InChI is InChI=1S/C8H9N5/c1-6-2-8(10-5-9-6)13-7-3-11-12-4-7/h2-5H,1H3,(H,11,12)(H,9,10,13). The number of aromatic amines is 1. The number of anilines is 2. The van der Waals surface area contributed by atoms with E-state index in [9.17, 15) is 0 Å². The molecule has 0 atom stereocenters. The third kappa shape index (κ3) is 1.81. The molecule has 13 heavy (non-hydrogen) atoms. The molecular formula is C8H9N5. The van der Waals surface area contributed by atoms with Gasteiger partial charge in [-0.25, -0.2) is 9.97 Å². The first-order valence-corrected chi connectivity index (χ1v) is 3.89. The van der Waals surface area contributed by atoms with Crippen LogP contribution < -0.4 is 5.32 Å². The van der Waals surface area contributed by atoms with Crippen molar-refractivity contribution >= 4 is 11.5 Å². The van der Waals surface area contributed by atoms with Crippen molar-refractivity contribution in [1.82, 2.24) is 20.2 Å². The van der Waals surface area contributed by atoms with Gasteiger partial charge in [0, 0.05) is 18.0 Å². The van der Waals surface area contributed by atoms with E-state index in [-0.39, 0.29) is 0 Å². The summed E-state index contributed by atoms with van der Waals surface area (Å²) in [6, 6.07) is 1.87. The molecule has 0 aliphatic heterocycles. The maximum Gasteiger partial charge on any atom is 0.134 e. The molecule has 0 saturated heterocycles. The molecule has 0 unspecified atom stereocenters. The highest BCUT2D eigenvalue weighted by atomic mass is 15.1. The first-order valence-electron chi connectivity index (χ1n) is 3.89. The molecule has 0 aromatic carbocycles. The van der Waals surface area contributed by atoms with Crippen molar-refractivity contribution in [3.05, 3.63) is 30.5 Å². The highest BCUT2D eigenvalue weighted by molar-refractivity contribution is 5.53. The third-order valence-corrected chi connectivity index (χ3v) is 1.57. The molecular weight excluding hydrogens is 166 g/mol. The van der Waals surface area contributed by atoms with Crippen molar-refractivity contribution in [3.8, 4) is 0 Å². The van der Waals surface area contributed by atoms with E-state index in [1.807, 2.05) is 13.0 Å². The molecule has 66 valence electrons. The van der Waals surface area contributed by atoms with E-state index in [2.05, 4.69) is 25.5 Å². The topological polar surface area (TPSA) is 66.5 Å². The lowest BCUT2D eigenvalue weighted by molar-refractivity contribution is 1.09. The zero-order valence-electron chi connectivity index (χ0n) is 7.15. The van der Waals surface area contributed by atoms with Crippen LogP contribution in [0.1, 0.15) is 5.69 Å². The number of nitrogens with zero attached hydrogens (tertiary/aromatic N) is 3. The first-order chi connectivity index (χ1) is 6.34. The summed E-state index contributed by atoms with van der Waals surface area (Å²) in [6.07, 6.45) is 4.98. The lowest BCUT2D eigenvalue weighted by Crippen LogP contribution is -1.93. The van der Waals surface area contributed by atoms with Crippen molar-refractivity contribution in [1.29, 1.82) is 0 Å². The van der Waals surface area contributed by atoms with Crippen molar-refractivity contribution in [2.45, 2.75) is 6.92 Å². The summed E-state index contributed by atoms with van der Waals surface area (Å²) in [6.45, 7) is 1.92. The molecule has 5 heteroatoms. The number of hydrogen-bond donors (Lipinski definition) is 2. The van der Waals surface area contributed by atoms with Gasteiger partial charge < -0.3 is 5.32 Å². The fraction of sp³-hybridized carbons (Fsp3) is 0.125. The molecule has 2 N–H and O–H groups in total. The second kappa shape index (κ2) is 3.22. The summed E-state index contributed by atoms with van der Waals surface area (Å²) in [5.74, 6) is 0.772. The minimum Gasteiger partial charge on any atom is -0.338 e. The number of nitrogens with one attached hydrogen (secondary N) is 2. The van der Waals surface area contributed by atoms with Crippen LogP contribution in [0.3, 0.4) is 0 Å². The van der Waals surface area contributed by atoms with E-state index in [1.54, 1.807) is 12.4 Å². The molecule has 2 heterocycles. The predicted octanol–water partition coefficient (Wildman–Crippen LogP) is 1.25. The van der Waals surface area contributed by atoms with Crippen LogP contribution in [0.5, 0.6) is 0 Å². The SMILES string of the molecule is Cc1cc(Nc2cn[nH]c2)ncn1. The van der Waals surface area contributed by atoms with E-state index in [0.29, 0.717) is 0 Å². The fourth-order valence-electron chi connectivity index (χ4n) is 0.990. The lowest BCUT2D eigenvalue weighted by Gasteiger charge is -2.01. The van der Waals surface area contributed by atoms with Gasteiger partial charge in [-0.15, -0.1) is 0 Å². The number of hydrogen-bond acceptors (Lipinski definition) is 4. The molecule has 2 aromatic heterocycles. The zero-order valence-corrected chi connectivity index (χ0v) is 7.15. The first kappa shape index (κ1) is 7.72. The number of H-pyrrole nitrogens is 1. The lowest BCUT2D eigenvalue weighted by atomic mass is 10.4. The quantitative estimate of drug-likeness (QED) is 0.720. The Morgan fingerprint density at radius 2 is 2.31 bits per heavy atom. The Hall–Kier alpha value is -1.91. The van der Waals surface area contributed by atoms with Crippen LogP contribution in [0, 0.1) is 6.92 Å². The Kier molecular flexibility index (Phi) is 1.91. The van der Waals surface area contributed by atoms with Crippen molar-refractivity contribution in [2.24, 2.45) is 0 Å². The highest BCUT2D eigenvalue weighted by Crippen LogP contribution is 2.11. The van der Waals surface area contributed by atoms with E-state index in [4.69, 9.17) is 0 Å². The molecule has 0 bridgehead atoms. The average Bonchev–Trinajstić information content (AvgIpc) is 2.57. The van der Waals surface area contributed by atoms with Gasteiger partial charge in [-0.3, -0.25) is 5.10 Å². The minimum atomic E-state index is 0.772. The maximum atomic E-state index is 4.05. The molecule has 0 saturated carbocycles. The van der Waals surface area contributed by atoms with Crippen LogP contribution in [-0.4, -0.2) is 20.2 Å². The number of aromatic nitrogens is 4. The summed E-state index contributed by atoms with van der Waals surface area (Å²) in [4.78, 5) is 8.05. The summed E-state index contributed by atoms with van der Waals surface area (Å²) in [5, 5.41) is 9.60. The highest BCUT2D eigenvalue weighted by Gasteiger charge is 1.96. The fourth-order valence-corrected chi connectivity index (χ4v) is 0.990. The second-order valence-electron chi connectivity index (χ2n) is 2.66. The Morgan fingerprint density at radius 3 is 3.00 bits per heavy atom. The Bertz CT molecular complexity index is 381. The largest absolute Gasteiger partial charge is 0.338 e. The maximum absolute atomic E-state index is 4.05. The van der Waals surface area contributed by atoms with Crippen LogP contribution in [0.25, 0.3) is 0 Å². The normalized spacial score (nSPS) is 9.92. The monoisotopic (exact) mass is 175 g/mol. The summed E-state index contributed by atoms with van der Waals surface area (Å²) < 4.78 is 0. The van der Waals surface area contributed by atoms with Gasteiger partial charge in [-0.1, -0.05) is 0 Å². The molecule has 2 rings (SSSR count). The van der Waals surface area contributed by atoms with Crippen LogP contribution in [-0.2, 0) is 0 Å². The molecule has 0 amide bonds. The van der Waals surface area contributed by atoms with Gasteiger partial charge in [0.2, 0.25) is 0 Å². The summed E-state index contributed by atoms with van der Waals surface area (Å²) in [7, 11) is 0. The molecule has 0 spiro atoms. The average molecular weight is 175 g/mol. The Labute approximate surface area is 75.2 Å². The number of rotatable bonds is 2. The second-order valence-corrected chi connectivity index (χ2v) is 2.66. The van der Waals surface area contributed by atoms with Gasteiger partial charge in [0.15, 0.2) is 0 Å². The zero-order chi connectivity index (χ0) is 9.10. The summed E-state index contributed by atoms with van der Waals surface area (Å²) >= 11 is 0. The van der Waals surface area contributed by atoms with E-state index in [1.165, 1.54) is 6.33 Å². The smallest absolute Gasteiger partial charge is 0.134 e. The van der Waals surface area contributed by atoms with Crippen LogP contribution in [0.15, 0.2) is 24.8 Å². The molecule has 5 nitrogen and oxygen atoms in total.